The van der Waals surface area contributed by atoms with E-state index >= 15 is 0 Å². The van der Waals surface area contributed by atoms with Gasteiger partial charge in [-0.2, -0.15) is 0 Å². The highest BCUT2D eigenvalue weighted by Crippen LogP contribution is 2.24. The summed E-state index contributed by atoms with van der Waals surface area (Å²) >= 11 is 0. The van der Waals surface area contributed by atoms with E-state index in [0.717, 1.165) is 19.4 Å². The Hall–Kier alpha value is -0.790. The van der Waals surface area contributed by atoms with Crippen molar-refractivity contribution >= 4 is 5.91 Å². The summed E-state index contributed by atoms with van der Waals surface area (Å²) in [5, 5.41) is 0. The molecule has 1 saturated heterocycles. The van der Waals surface area contributed by atoms with Gasteiger partial charge in [0.2, 0.25) is 5.91 Å². The molecule has 1 amide bonds. The van der Waals surface area contributed by atoms with Crippen molar-refractivity contribution in [3.8, 4) is 0 Å². The first-order valence-electron chi connectivity index (χ1n) is 4.90. The SMILES string of the molecule is CC(C)=C(C)CC1CCN(C)C1=O. The largest absolute Gasteiger partial charge is 0.345 e. The molecule has 0 N–H and O–H groups in total. The molecule has 13 heavy (non-hydrogen) atoms. The van der Waals surface area contributed by atoms with Gasteiger partial charge in [0.1, 0.15) is 0 Å². The molecule has 0 bridgehead atoms. The number of carbonyl (C=O) groups is 1. The molecule has 1 atom stereocenters. The summed E-state index contributed by atoms with van der Waals surface area (Å²) in [5.41, 5.74) is 2.72. The fraction of sp³-hybridized carbons (Fsp3) is 0.727. The Bertz CT molecular complexity index is 238. The van der Waals surface area contributed by atoms with Crippen molar-refractivity contribution in [2.75, 3.05) is 13.6 Å². The minimum absolute atomic E-state index is 0.250. The first-order valence-corrected chi connectivity index (χ1v) is 4.90. The molecule has 1 aliphatic rings. The van der Waals surface area contributed by atoms with Crippen molar-refractivity contribution in [3.63, 3.8) is 0 Å². The van der Waals surface area contributed by atoms with E-state index in [9.17, 15) is 4.79 Å². The molecule has 2 nitrogen and oxygen atoms in total. The second-order valence-electron chi connectivity index (χ2n) is 4.23. The maximum Gasteiger partial charge on any atom is 0.225 e. The van der Waals surface area contributed by atoms with Crippen molar-refractivity contribution in [3.05, 3.63) is 11.1 Å². The van der Waals surface area contributed by atoms with Crippen molar-refractivity contribution in [2.24, 2.45) is 5.92 Å². The number of carbonyl (C=O) groups excluding carboxylic acids is 1. The van der Waals surface area contributed by atoms with E-state index < -0.39 is 0 Å². The monoisotopic (exact) mass is 181 g/mol. The standard InChI is InChI=1S/C11H19NO/c1-8(2)9(3)7-10-5-6-12(4)11(10)13/h10H,5-7H2,1-4H3. The smallest absolute Gasteiger partial charge is 0.225 e. The van der Waals surface area contributed by atoms with Crippen molar-refractivity contribution in [2.45, 2.75) is 33.6 Å². The molecule has 0 saturated carbocycles. The predicted molar refractivity (Wildman–Crippen MR) is 54.4 cm³/mol. The van der Waals surface area contributed by atoms with Gasteiger partial charge in [0, 0.05) is 19.5 Å². The zero-order valence-electron chi connectivity index (χ0n) is 9.05. The number of allylic oxidation sites excluding steroid dienone is 2. The summed E-state index contributed by atoms with van der Waals surface area (Å²) in [6.45, 7) is 7.28. The minimum atomic E-state index is 0.250. The third-order valence-corrected chi connectivity index (χ3v) is 2.94. The quantitative estimate of drug-likeness (QED) is 0.598. The molecule has 0 aromatic rings. The Morgan fingerprint density at radius 1 is 1.46 bits per heavy atom. The molecule has 0 aliphatic carbocycles. The second-order valence-corrected chi connectivity index (χ2v) is 4.23. The molecule has 0 spiro atoms. The van der Waals surface area contributed by atoms with Crippen LogP contribution in [0.1, 0.15) is 33.6 Å². The third kappa shape index (κ3) is 2.33. The van der Waals surface area contributed by atoms with E-state index in [2.05, 4.69) is 20.8 Å². The van der Waals surface area contributed by atoms with Crippen LogP contribution in [-0.2, 0) is 4.79 Å². The lowest BCUT2D eigenvalue weighted by Gasteiger charge is -2.11. The summed E-state index contributed by atoms with van der Waals surface area (Å²) in [4.78, 5) is 13.4. The second kappa shape index (κ2) is 3.95. The van der Waals surface area contributed by atoms with E-state index in [-0.39, 0.29) is 5.92 Å². The molecule has 1 fully saturated rings. The van der Waals surface area contributed by atoms with Crippen molar-refractivity contribution in [1.82, 2.24) is 4.90 Å². The maximum absolute atomic E-state index is 11.6. The van der Waals surface area contributed by atoms with Gasteiger partial charge < -0.3 is 4.90 Å². The van der Waals surface area contributed by atoms with E-state index in [1.54, 1.807) is 0 Å². The molecule has 1 aliphatic heterocycles. The fourth-order valence-electron chi connectivity index (χ4n) is 1.66. The zero-order chi connectivity index (χ0) is 10.0. The number of hydrogen-bond donors (Lipinski definition) is 0. The van der Waals surface area contributed by atoms with Gasteiger partial charge >= 0.3 is 0 Å². The number of rotatable bonds is 2. The van der Waals surface area contributed by atoms with Crippen LogP contribution >= 0.6 is 0 Å². The van der Waals surface area contributed by atoms with Gasteiger partial charge in [0.15, 0.2) is 0 Å². The zero-order valence-corrected chi connectivity index (χ0v) is 9.05. The van der Waals surface area contributed by atoms with Gasteiger partial charge in [-0.3, -0.25) is 4.79 Å². The first-order chi connectivity index (χ1) is 6.02. The Balaban J connectivity index is 2.57. The van der Waals surface area contributed by atoms with Gasteiger partial charge in [0.25, 0.3) is 0 Å². The first kappa shape index (κ1) is 10.3. The van der Waals surface area contributed by atoms with Crippen LogP contribution in [0.2, 0.25) is 0 Å². The Morgan fingerprint density at radius 2 is 2.08 bits per heavy atom. The van der Waals surface area contributed by atoms with Gasteiger partial charge in [-0.15, -0.1) is 0 Å². The van der Waals surface area contributed by atoms with Gasteiger partial charge in [-0.05, 0) is 33.6 Å². The molecule has 2 heteroatoms. The van der Waals surface area contributed by atoms with Crippen LogP contribution in [0.5, 0.6) is 0 Å². The summed E-state index contributed by atoms with van der Waals surface area (Å²) < 4.78 is 0. The molecule has 1 rings (SSSR count). The maximum atomic E-state index is 11.6. The normalized spacial score (nSPS) is 22.3. The lowest BCUT2D eigenvalue weighted by molar-refractivity contribution is -0.129. The Labute approximate surface area is 80.6 Å². The highest BCUT2D eigenvalue weighted by molar-refractivity contribution is 5.80. The van der Waals surface area contributed by atoms with Crippen LogP contribution < -0.4 is 0 Å². The third-order valence-electron chi connectivity index (χ3n) is 2.94. The topological polar surface area (TPSA) is 20.3 Å². The van der Waals surface area contributed by atoms with E-state index in [1.807, 2.05) is 11.9 Å². The molecular weight excluding hydrogens is 162 g/mol. The van der Waals surface area contributed by atoms with Crippen LogP contribution in [0, 0.1) is 5.92 Å². The van der Waals surface area contributed by atoms with E-state index in [1.165, 1.54) is 11.1 Å². The number of amides is 1. The fourth-order valence-corrected chi connectivity index (χ4v) is 1.66. The average molecular weight is 181 g/mol. The van der Waals surface area contributed by atoms with Gasteiger partial charge in [-0.25, -0.2) is 0 Å². The summed E-state index contributed by atoms with van der Waals surface area (Å²) in [6.07, 6.45) is 1.98. The summed E-state index contributed by atoms with van der Waals surface area (Å²) in [7, 11) is 1.89. The van der Waals surface area contributed by atoms with Gasteiger partial charge in [0.05, 0.1) is 0 Å². The van der Waals surface area contributed by atoms with Crippen LogP contribution in [-0.4, -0.2) is 24.4 Å². The van der Waals surface area contributed by atoms with Crippen LogP contribution in [0.4, 0.5) is 0 Å². The van der Waals surface area contributed by atoms with E-state index in [0.29, 0.717) is 5.91 Å². The molecule has 74 valence electrons. The van der Waals surface area contributed by atoms with Crippen LogP contribution in [0.15, 0.2) is 11.1 Å². The lowest BCUT2D eigenvalue weighted by Crippen LogP contribution is -2.22. The lowest BCUT2D eigenvalue weighted by atomic mass is 9.96. The molecular formula is C11H19NO. The molecule has 1 heterocycles. The Morgan fingerprint density at radius 3 is 2.46 bits per heavy atom. The van der Waals surface area contributed by atoms with Crippen molar-refractivity contribution < 1.29 is 4.79 Å². The minimum Gasteiger partial charge on any atom is -0.345 e. The van der Waals surface area contributed by atoms with Crippen LogP contribution in [0.3, 0.4) is 0 Å². The number of nitrogens with zero attached hydrogens (tertiary/aromatic N) is 1. The van der Waals surface area contributed by atoms with Crippen molar-refractivity contribution in [1.29, 1.82) is 0 Å². The summed E-state index contributed by atoms with van der Waals surface area (Å²) in [6, 6.07) is 0. The highest BCUT2D eigenvalue weighted by atomic mass is 16.2. The molecule has 1 unspecified atom stereocenters. The van der Waals surface area contributed by atoms with Crippen LogP contribution in [0.25, 0.3) is 0 Å². The summed E-state index contributed by atoms with van der Waals surface area (Å²) in [5.74, 6) is 0.570. The molecule has 0 radical (unpaired) electrons. The average Bonchev–Trinajstić information content (AvgIpc) is 2.36. The number of hydrogen-bond acceptors (Lipinski definition) is 1. The predicted octanol–water partition coefficient (Wildman–Crippen LogP) is 2.21. The molecule has 0 aromatic carbocycles. The molecule has 0 aromatic heterocycles. The van der Waals surface area contributed by atoms with E-state index in [4.69, 9.17) is 0 Å². The Kier molecular flexibility index (Phi) is 3.12. The van der Waals surface area contributed by atoms with Gasteiger partial charge in [-0.1, -0.05) is 11.1 Å². The number of likely N-dealkylation sites (tertiary alicyclic amines) is 1. The highest BCUT2D eigenvalue weighted by Gasteiger charge is 2.28.